The Morgan fingerprint density at radius 3 is 2.69 bits per heavy atom. The minimum atomic E-state index is -2.64. The number of halogens is 2. The number of hydrogen-bond donors (Lipinski definition) is 3. The minimum absolute atomic E-state index is 0.204. The van der Waals surface area contributed by atoms with Crippen LogP contribution in [-0.2, 0) is 0 Å². The van der Waals surface area contributed by atoms with Gasteiger partial charge in [0.2, 0.25) is 5.88 Å². The van der Waals surface area contributed by atoms with Gasteiger partial charge in [-0.25, -0.2) is 18.6 Å². The summed E-state index contributed by atoms with van der Waals surface area (Å²) in [5.41, 5.74) is 0.755. The van der Waals surface area contributed by atoms with Crippen molar-refractivity contribution in [2.24, 2.45) is 4.99 Å². The molecule has 0 amide bonds. The van der Waals surface area contributed by atoms with Gasteiger partial charge in [-0.3, -0.25) is 9.98 Å². The summed E-state index contributed by atoms with van der Waals surface area (Å²) in [6.45, 7) is 0.413. The zero-order valence-corrected chi connectivity index (χ0v) is 15.4. The van der Waals surface area contributed by atoms with E-state index in [0.29, 0.717) is 22.2 Å². The van der Waals surface area contributed by atoms with Crippen molar-refractivity contribution in [3.05, 3.63) is 39.1 Å². The molecule has 3 N–H and O–H groups in total. The largest absolute Gasteiger partial charge is 0.493 e. The molecule has 5 rings (SSSR count). The zero-order chi connectivity index (χ0) is 20.2. The second-order valence-electron chi connectivity index (χ2n) is 7.50. The molecular weight excluding hydrogens is 384 g/mol. The average molecular weight is 403 g/mol. The minimum Gasteiger partial charge on any atom is -0.493 e. The van der Waals surface area contributed by atoms with E-state index in [9.17, 15) is 18.7 Å². The van der Waals surface area contributed by atoms with Gasteiger partial charge in [0.1, 0.15) is 11.5 Å². The first kappa shape index (κ1) is 17.8. The van der Waals surface area contributed by atoms with Crippen LogP contribution < -0.4 is 21.3 Å². The lowest BCUT2D eigenvalue weighted by Crippen LogP contribution is -2.40. The molecule has 0 radical (unpaired) electrons. The number of aromatic hydroxyl groups is 1. The van der Waals surface area contributed by atoms with E-state index in [-0.39, 0.29) is 43.5 Å². The molecule has 152 valence electrons. The summed E-state index contributed by atoms with van der Waals surface area (Å²) >= 11 is 0. The number of nitrogens with one attached hydrogen (secondary N) is 2. The van der Waals surface area contributed by atoms with Gasteiger partial charge < -0.3 is 15.0 Å². The molecule has 0 unspecified atom stereocenters. The summed E-state index contributed by atoms with van der Waals surface area (Å²) in [5, 5.41) is 14.7. The molecule has 2 fully saturated rings. The third-order valence-corrected chi connectivity index (χ3v) is 5.18. The molecule has 1 saturated heterocycles. The van der Waals surface area contributed by atoms with Gasteiger partial charge in [0.15, 0.2) is 11.1 Å². The average Bonchev–Trinajstić information content (AvgIpc) is 3.30. The number of fused-ring (bicyclic) bond motifs is 1. The number of imidazole rings is 1. The Hall–Kier alpha value is -3.24. The number of nitrogens with zero attached hydrogens (tertiary/aromatic N) is 5. The van der Waals surface area contributed by atoms with Gasteiger partial charge in [-0.2, -0.15) is 9.61 Å². The third-order valence-electron chi connectivity index (χ3n) is 5.18. The van der Waals surface area contributed by atoms with Gasteiger partial charge in [0, 0.05) is 37.2 Å². The van der Waals surface area contributed by atoms with Crippen molar-refractivity contribution in [3.63, 3.8) is 0 Å². The Morgan fingerprint density at radius 2 is 2.03 bits per heavy atom. The first-order valence-electron chi connectivity index (χ1n) is 9.46. The lowest BCUT2D eigenvalue weighted by Gasteiger charge is -2.32. The van der Waals surface area contributed by atoms with Gasteiger partial charge in [0.05, 0.1) is 12.2 Å². The molecule has 29 heavy (non-hydrogen) atoms. The lowest BCUT2D eigenvalue weighted by atomic mass is 10.1. The van der Waals surface area contributed by atoms with E-state index in [1.54, 1.807) is 22.9 Å². The zero-order valence-electron chi connectivity index (χ0n) is 15.4. The number of alkyl halides is 2. The molecule has 9 nitrogen and oxygen atoms in total. The molecule has 1 saturated carbocycles. The fourth-order valence-electron chi connectivity index (χ4n) is 3.41. The Bertz CT molecular complexity index is 1250. The maximum atomic E-state index is 13.6. The second kappa shape index (κ2) is 6.39. The number of rotatable bonds is 3. The topological polar surface area (TPSA) is 115 Å². The van der Waals surface area contributed by atoms with E-state index in [1.807, 2.05) is 4.90 Å². The van der Waals surface area contributed by atoms with Crippen LogP contribution in [-0.4, -0.2) is 54.7 Å². The maximum Gasteiger partial charge on any atom is 0.326 e. The number of aromatic nitrogens is 5. The molecule has 2 aliphatic rings. The van der Waals surface area contributed by atoms with E-state index in [1.165, 1.54) is 0 Å². The van der Waals surface area contributed by atoms with Crippen molar-refractivity contribution in [2.45, 2.75) is 37.6 Å². The number of piperidine rings is 1. The van der Waals surface area contributed by atoms with E-state index in [4.69, 9.17) is 0 Å². The summed E-state index contributed by atoms with van der Waals surface area (Å²) < 4.78 is 28.7. The Morgan fingerprint density at radius 1 is 1.28 bits per heavy atom. The summed E-state index contributed by atoms with van der Waals surface area (Å²) in [5.74, 6) is -2.37. The van der Waals surface area contributed by atoms with E-state index >= 15 is 0 Å². The molecule has 0 aromatic carbocycles. The Balaban J connectivity index is 1.65. The molecule has 3 aromatic rings. The predicted molar refractivity (Wildman–Crippen MR) is 99.8 cm³/mol. The van der Waals surface area contributed by atoms with Crippen molar-refractivity contribution in [1.29, 1.82) is 0 Å². The summed E-state index contributed by atoms with van der Waals surface area (Å²) in [6, 6.07) is 2.02. The fourth-order valence-corrected chi connectivity index (χ4v) is 3.41. The number of anilines is 1. The lowest BCUT2D eigenvalue weighted by molar-refractivity contribution is -0.0221. The van der Waals surface area contributed by atoms with Crippen LogP contribution in [0.5, 0.6) is 5.88 Å². The Labute approximate surface area is 162 Å². The van der Waals surface area contributed by atoms with Gasteiger partial charge in [0.25, 0.3) is 5.92 Å². The van der Waals surface area contributed by atoms with Crippen molar-refractivity contribution in [2.75, 3.05) is 18.0 Å². The highest BCUT2D eigenvalue weighted by molar-refractivity contribution is 5.58. The van der Waals surface area contributed by atoms with Gasteiger partial charge >= 0.3 is 5.69 Å². The van der Waals surface area contributed by atoms with Gasteiger partial charge in [-0.15, -0.1) is 0 Å². The summed E-state index contributed by atoms with van der Waals surface area (Å²) in [6.07, 6.45) is 4.70. The number of aromatic amines is 2. The van der Waals surface area contributed by atoms with E-state index < -0.39 is 11.6 Å². The molecule has 11 heteroatoms. The van der Waals surface area contributed by atoms with Crippen LogP contribution in [0.4, 0.5) is 14.6 Å². The number of hydrogen-bond acceptors (Lipinski definition) is 6. The van der Waals surface area contributed by atoms with E-state index in [0.717, 1.165) is 12.8 Å². The van der Waals surface area contributed by atoms with Crippen LogP contribution in [0.15, 0.2) is 22.1 Å². The first-order valence-corrected chi connectivity index (χ1v) is 9.46. The van der Waals surface area contributed by atoms with Crippen LogP contribution in [0, 0.1) is 0 Å². The van der Waals surface area contributed by atoms with Crippen molar-refractivity contribution in [1.82, 2.24) is 24.6 Å². The van der Waals surface area contributed by atoms with Crippen LogP contribution in [0.25, 0.3) is 11.7 Å². The Kier molecular flexibility index (Phi) is 3.93. The van der Waals surface area contributed by atoms with Gasteiger partial charge in [-0.1, -0.05) is 0 Å². The SMILES string of the molecule is O=c1[nH]c(O)c(/C=c2\cnn3c(=NC4CC4)cc(N4CCC(F)(F)CC4)nc23)[nH]1. The van der Waals surface area contributed by atoms with Crippen LogP contribution in [0.3, 0.4) is 0 Å². The summed E-state index contributed by atoms with van der Waals surface area (Å²) in [4.78, 5) is 27.3. The molecular formula is C18H19F2N7O2. The van der Waals surface area contributed by atoms with Crippen LogP contribution in [0.2, 0.25) is 0 Å². The van der Waals surface area contributed by atoms with Crippen molar-refractivity contribution < 1.29 is 13.9 Å². The van der Waals surface area contributed by atoms with E-state index in [2.05, 4.69) is 25.0 Å². The van der Waals surface area contributed by atoms with Crippen molar-refractivity contribution in [3.8, 4) is 5.88 Å². The third kappa shape index (κ3) is 3.47. The quantitative estimate of drug-likeness (QED) is 0.582. The van der Waals surface area contributed by atoms with Crippen molar-refractivity contribution >= 4 is 17.5 Å². The second-order valence-corrected chi connectivity index (χ2v) is 7.50. The van der Waals surface area contributed by atoms with Gasteiger partial charge in [-0.05, 0) is 18.9 Å². The first-order chi connectivity index (χ1) is 13.9. The van der Waals surface area contributed by atoms with Crippen LogP contribution >= 0.6 is 0 Å². The highest BCUT2D eigenvalue weighted by Gasteiger charge is 2.34. The monoisotopic (exact) mass is 403 g/mol. The molecule has 0 bridgehead atoms. The normalized spacial score (nSPS) is 20.7. The molecule has 0 spiro atoms. The maximum absolute atomic E-state index is 13.6. The predicted octanol–water partition coefficient (Wildman–Crippen LogP) is 0.298. The molecule has 1 aliphatic heterocycles. The highest BCUT2D eigenvalue weighted by Crippen LogP contribution is 2.29. The smallest absolute Gasteiger partial charge is 0.326 e. The van der Waals surface area contributed by atoms with Crippen LogP contribution in [0.1, 0.15) is 31.4 Å². The molecule has 4 heterocycles. The molecule has 1 aliphatic carbocycles. The number of H-pyrrole nitrogens is 2. The molecule has 0 atom stereocenters. The standard InChI is InChI=1S/C18H19F2N7O2/c19-18(20)3-5-26(6-4-18)13-8-14(22-11-1-2-11)27-15(24-13)10(9-21-27)7-12-16(28)25-17(29)23-12/h7-9,11,28H,1-6H2,(H2,23,25,29)/b10-7+,22-14?. The fraction of sp³-hybridized carbons (Fsp3) is 0.444. The summed E-state index contributed by atoms with van der Waals surface area (Å²) in [7, 11) is 0. The molecule has 3 aromatic heterocycles. The highest BCUT2D eigenvalue weighted by atomic mass is 19.3.